The van der Waals surface area contributed by atoms with Gasteiger partial charge in [-0.3, -0.25) is 9.89 Å². The van der Waals surface area contributed by atoms with Gasteiger partial charge in [-0.15, -0.1) is 0 Å². The molecule has 0 aromatic heterocycles. The number of ether oxygens (including phenoxy) is 2. The molecule has 1 unspecified atom stereocenters. The number of benzene rings is 1. The van der Waals surface area contributed by atoms with Crippen molar-refractivity contribution in [3.63, 3.8) is 0 Å². The Balaban J connectivity index is 1.23. The molecular formula is C23H37ClN4O2. The summed E-state index contributed by atoms with van der Waals surface area (Å²) < 4.78 is 11.1. The summed E-state index contributed by atoms with van der Waals surface area (Å²) >= 11 is 6.30. The Bertz CT molecular complexity index is 644. The molecule has 2 fully saturated rings. The van der Waals surface area contributed by atoms with Crippen LogP contribution in [0, 0.1) is 11.8 Å². The number of aliphatic imine (C=N–C) groups is 1. The van der Waals surface area contributed by atoms with Crippen LogP contribution in [-0.2, 0) is 16.0 Å². The highest BCUT2D eigenvalue weighted by Crippen LogP contribution is 2.22. The molecule has 0 aliphatic carbocycles. The van der Waals surface area contributed by atoms with Gasteiger partial charge in [0.05, 0.1) is 13.2 Å². The van der Waals surface area contributed by atoms with E-state index in [9.17, 15) is 0 Å². The number of nitrogens with one attached hydrogen (secondary N) is 2. The van der Waals surface area contributed by atoms with Crippen LogP contribution in [0.25, 0.3) is 0 Å². The maximum Gasteiger partial charge on any atom is 0.190 e. The van der Waals surface area contributed by atoms with Crippen molar-refractivity contribution < 1.29 is 9.47 Å². The summed E-state index contributed by atoms with van der Waals surface area (Å²) in [5.74, 6) is 2.16. The van der Waals surface area contributed by atoms with Crippen molar-refractivity contribution in [1.82, 2.24) is 15.5 Å². The van der Waals surface area contributed by atoms with Gasteiger partial charge in [-0.2, -0.15) is 0 Å². The average Bonchev–Trinajstić information content (AvgIpc) is 3.29. The smallest absolute Gasteiger partial charge is 0.190 e. The topological polar surface area (TPSA) is 58.1 Å². The van der Waals surface area contributed by atoms with Crippen LogP contribution in [0.2, 0.25) is 5.02 Å². The van der Waals surface area contributed by atoms with E-state index in [2.05, 4.69) is 32.7 Å². The number of halogens is 1. The maximum absolute atomic E-state index is 6.30. The first kappa shape index (κ1) is 23.3. The third kappa shape index (κ3) is 8.06. The van der Waals surface area contributed by atoms with Crippen LogP contribution in [0.15, 0.2) is 29.3 Å². The van der Waals surface area contributed by atoms with E-state index in [-0.39, 0.29) is 0 Å². The lowest BCUT2D eigenvalue weighted by atomic mass is 9.96. The second-order valence-corrected chi connectivity index (χ2v) is 8.76. The molecule has 0 amide bonds. The van der Waals surface area contributed by atoms with Gasteiger partial charge >= 0.3 is 0 Å². The Labute approximate surface area is 186 Å². The van der Waals surface area contributed by atoms with E-state index in [1.54, 1.807) is 0 Å². The summed E-state index contributed by atoms with van der Waals surface area (Å²) in [6.07, 6.45) is 4.52. The predicted octanol–water partition coefficient (Wildman–Crippen LogP) is 3.16. The first-order valence-corrected chi connectivity index (χ1v) is 11.7. The molecule has 0 bridgehead atoms. The Morgan fingerprint density at radius 3 is 2.77 bits per heavy atom. The molecule has 0 saturated carbocycles. The van der Waals surface area contributed by atoms with Gasteiger partial charge in [0.25, 0.3) is 0 Å². The van der Waals surface area contributed by atoms with Crippen LogP contribution in [-0.4, -0.2) is 70.5 Å². The van der Waals surface area contributed by atoms with E-state index < -0.39 is 0 Å². The molecular weight excluding hydrogens is 400 g/mol. The summed E-state index contributed by atoms with van der Waals surface area (Å²) in [6, 6.07) is 8.15. The average molecular weight is 437 g/mol. The van der Waals surface area contributed by atoms with Crippen molar-refractivity contribution in [2.24, 2.45) is 16.8 Å². The van der Waals surface area contributed by atoms with Crippen molar-refractivity contribution in [2.45, 2.75) is 32.2 Å². The van der Waals surface area contributed by atoms with Crippen molar-refractivity contribution in [3.05, 3.63) is 34.9 Å². The molecule has 2 heterocycles. The summed E-state index contributed by atoms with van der Waals surface area (Å²) in [5.41, 5.74) is 1.22. The van der Waals surface area contributed by atoms with E-state index >= 15 is 0 Å². The molecule has 1 aromatic carbocycles. The minimum atomic E-state index is 0.587. The van der Waals surface area contributed by atoms with Crippen LogP contribution < -0.4 is 10.6 Å². The number of rotatable bonds is 10. The molecule has 6 nitrogen and oxygen atoms in total. The van der Waals surface area contributed by atoms with Crippen LogP contribution >= 0.6 is 11.6 Å². The molecule has 2 saturated heterocycles. The third-order valence-corrected chi connectivity index (χ3v) is 6.34. The molecule has 2 aliphatic heterocycles. The number of piperidine rings is 1. The van der Waals surface area contributed by atoms with Gasteiger partial charge in [0.1, 0.15) is 0 Å². The third-order valence-electron chi connectivity index (χ3n) is 5.98. The number of hydrogen-bond acceptors (Lipinski definition) is 4. The number of nitrogens with zero attached hydrogens (tertiary/aromatic N) is 2. The van der Waals surface area contributed by atoms with E-state index in [0.29, 0.717) is 11.8 Å². The van der Waals surface area contributed by atoms with Crippen molar-refractivity contribution in [1.29, 1.82) is 0 Å². The predicted molar refractivity (Wildman–Crippen MR) is 123 cm³/mol. The second-order valence-electron chi connectivity index (χ2n) is 8.35. The SMILES string of the molecule is CN=C(NCCCOCC1CCOC1)NCC1CCN(Cc2ccccc2Cl)CC1. The molecule has 1 aromatic rings. The zero-order valence-electron chi connectivity index (χ0n) is 18.2. The molecule has 2 aliphatic rings. The largest absolute Gasteiger partial charge is 0.381 e. The van der Waals surface area contributed by atoms with Crippen LogP contribution in [0.4, 0.5) is 0 Å². The fraction of sp³-hybridized carbons (Fsp3) is 0.696. The Morgan fingerprint density at radius 1 is 1.20 bits per heavy atom. The number of likely N-dealkylation sites (tertiary alicyclic amines) is 1. The zero-order chi connectivity index (χ0) is 21.0. The van der Waals surface area contributed by atoms with Crippen LogP contribution in [0.5, 0.6) is 0 Å². The Hall–Kier alpha value is -1.34. The van der Waals surface area contributed by atoms with Gasteiger partial charge in [-0.1, -0.05) is 29.8 Å². The fourth-order valence-electron chi connectivity index (χ4n) is 4.02. The van der Waals surface area contributed by atoms with E-state index in [1.807, 2.05) is 19.2 Å². The molecule has 1 atom stereocenters. The molecule has 7 heteroatoms. The molecule has 2 N–H and O–H groups in total. The van der Waals surface area contributed by atoms with Crippen molar-refractivity contribution in [2.75, 3.05) is 59.7 Å². The van der Waals surface area contributed by atoms with Crippen LogP contribution in [0.1, 0.15) is 31.2 Å². The van der Waals surface area contributed by atoms with Gasteiger partial charge in [-0.25, -0.2) is 0 Å². The van der Waals surface area contributed by atoms with Crippen molar-refractivity contribution >= 4 is 17.6 Å². The highest BCUT2D eigenvalue weighted by Gasteiger charge is 2.20. The maximum atomic E-state index is 6.30. The fourth-order valence-corrected chi connectivity index (χ4v) is 4.22. The monoisotopic (exact) mass is 436 g/mol. The summed E-state index contributed by atoms with van der Waals surface area (Å²) in [5, 5.41) is 7.75. The minimum absolute atomic E-state index is 0.587. The minimum Gasteiger partial charge on any atom is -0.381 e. The quantitative estimate of drug-likeness (QED) is 0.335. The van der Waals surface area contributed by atoms with E-state index in [1.165, 1.54) is 18.4 Å². The lowest BCUT2D eigenvalue weighted by molar-refractivity contribution is 0.0888. The van der Waals surface area contributed by atoms with Gasteiger partial charge in [0, 0.05) is 50.8 Å². The Morgan fingerprint density at radius 2 is 2.03 bits per heavy atom. The number of guanidine groups is 1. The lowest BCUT2D eigenvalue weighted by Crippen LogP contribution is -2.43. The normalized spacial score (nSPS) is 21.1. The Kier molecular flexibility index (Phi) is 10.2. The van der Waals surface area contributed by atoms with Crippen LogP contribution in [0.3, 0.4) is 0 Å². The highest BCUT2D eigenvalue weighted by atomic mass is 35.5. The van der Waals surface area contributed by atoms with E-state index in [4.69, 9.17) is 21.1 Å². The summed E-state index contributed by atoms with van der Waals surface area (Å²) in [6.45, 7) is 8.37. The molecule has 0 spiro atoms. The summed E-state index contributed by atoms with van der Waals surface area (Å²) in [4.78, 5) is 6.85. The second kappa shape index (κ2) is 13.2. The lowest BCUT2D eigenvalue weighted by Gasteiger charge is -2.32. The van der Waals surface area contributed by atoms with Gasteiger partial charge < -0.3 is 20.1 Å². The molecule has 168 valence electrons. The standard InChI is InChI=1S/C23H37ClN4O2/c1-25-23(26-10-4-13-29-17-20-9-14-30-18-20)27-15-19-7-11-28(12-8-19)16-21-5-2-3-6-22(21)24/h2-3,5-6,19-20H,4,7-18H2,1H3,(H2,25,26,27). The first-order valence-electron chi connectivity index (χ1n) is 11.3. The van der Waals surface area contributed by atoms with Crippen molar-refractivity contribution in [3.8, 4) is 0 Å². The molecule has 3 rings (SSSR count). The zero-order valence-corrected chi connectivity index (χ0v) is 19.0. The summed E-state index contributed by atoms with van der Waals surface area (Å²) in [7, 11) is 1.83. The highest BCUT2D eigenvalue weighted by molar-refractivity contribution is 6.31. The van der Waals surface area contributed by atoms with Gasteiger partial charge in [0.2, 0.25) is 0 Å². The van der Waals surface area contributed by atoms with Gasteiger partial charge in [-0.05, 0) is 56.3 Å². The number of hydrogen-bond donors (Lipinski definition) is 2. The van der Waals surface area contributed by atoms with E-state index in [0.717, 1.165) is 83.0 Å². The molecule has 30 heavy (non-hydrogen) atoms. The molecule has 0 radical (unpaired) electrons. The first-order chi connectivity index (χ1) is 14.7. The van der Waals surface area contributed by atoms with Gasteiger partial charge in [0.15, 0.2) is 5.96 Å².